The number of carbonyl (C=O) groups excluding carboxylic acids is 1. The highest BCUT2D eigenvalue weighted by Gasteiger charge is 2.23. The molecule has 1 amide bonds. The van der Waals surface area contributed by atoms with Gasteiger partial charge in [-0.05, 0) is 56.5 Å². The van der Waals surface area contributed by atoms with E-state index in [2.05, 4.69) is 5.32 Å². The van der Waals surface area contributed by atoms with Gasteiger partial charge in [0.15, 0.2) is 0 Å². The van der Waals surface area contributed by atoms with Crippen molar-refractivity contribution in [1.82, 2.24) is 10.2 Å². The van der Waals surface area contributed by atoms with Crippen LogP contribution in [-0.4, -0.2) is 45.9 Å². The molecule has 1 aliphatic heterocycles. The van der Waals surface area contributed by atoms with E-state index in [1.165, 1.54) is 0 Å². The van der Waals surface area contributed by atoms with E-state index >= 15 is 0 Å². The van der Waals surface area contributed by atoms with E-state index in [0.29, 0.717) is 17.0 Å². The van der Waals surface area contributed by atoms with Crippen molar-refractivity contribution in [1.29, 1.82) is 0 Å². The number of likely N-dealkylation sites (tertiary alicyclic amines) is 1. The maximum atomic E-state index is 12.5. The van der Waals surface area contributed by atoms with E-state index in [1.807, 2.05) is 11.9 Å². The molecule has 0 aliphatic carbocycles. The molecule has 1 aromatic carbocycles. The average molecular weight is 339 g/mol. The number of hydrogen-bond acceptors (Lipinski definition) is 4. The van der Waals surface area contributed by atoms with Gasteiger partial charge in [-0.15, -0.1) is 0 Å². The summed E-state index contributed by atoms with van der Waals surface area (Å²) in [7, 11) is -1.59. The molecule has 23 heavy (non-hydrogen) atoms. The number of benzene rings is 1. The van der Waals surface area contributed by atoms with E-state index in [-0.39, 0.29) is 11.7 Å². The molecule has 0 radical (unpaired) electrons. The molecular weight excluding hydrogens is 314 g/mol. The monoisotopic (exact) mass is 339 g/mol. The van der Waals surface area contributed by atoms with Crippen LogP contribution in [0.15, 0.2) is 24.3 Å². The van der Waals surface area contributed by atoms with Crippen molar-refractivity contribution in [3.05, 3.63) is 35.4 Å². The van der Waals surface area contributed by atoms with E-state index in [4.69, 9.17) is 5.14 Å². The van der Waals surface area contributed by atoms with Crippen molar-refractivity contribution in [3.63, 3.8) is 0 Å². The number of primary sulfonamides is 1. The largest absolute Gasteiger partial charge is 0.339 e. The van der Waals surface area contributed by atoms with Crippen molar-refractivity contribution in [2.24, 2.45) is 11.1 Å². The molecule has 0 atom stereocenters. The lowest BCUT2D eigenvalue weighted by atomic mass is 9.93. The van der Waals surface area contributed by atoms with Crippen LogP contribution in [0.5, 0.6) is 0 Å². The minimum absolute atomic E-state index is 0.0132. The third-order valence-electron chi connectivity index (χ3n) is 4.27. The van der Waals surface area contributed by atoms with Gasteiger partial charge >= 0.3 is 0 Å². The van der Waals surface area contributed by atoms with E-state index in [9.17, 15) is 13.2 Å². The second kappa shape index (κ2) is 7.90. The summed E-state index contributed by atoms with van der Waals surface area (Å²) in [4.78, 5) is 14.4. The Balaban J connectivity index is 1.91. The van der Waals surface area contributed by atoms with Gasteiger partial charge in [-0.3, -0.25) is 4.79 Å². The van der Waals surface area contributed by atoms with Gasteiger partial charge in [-0.2, -0.15) is 0 Å². The number of nitrogens with zero attached hydrogens (tertiary/aromatic N) is 1. The van der Waals surface area contributed by atoms with Crippen LogP contribution in [0.4, 0.5) is 0 Å². The summed E-state index contributed by atoms with van der Waals surface area (Å²) in [6, 6.07) is 6.65. The minimum atomic E-state index is -3.55. The third kappa shape index (κ3) is 5.60. The fourth-order valence-corrected chi connectivity index (χ4v) is 3.59. The van der Waals surface area contributed by atoms with E-state index < -0.39 is 10.0 Å². The standard InChI is InChI=1S/C16H25N3O3S/c1-18-9-6-13-7-10-19(11-8-13)16(20)15-4-2-14(3-5-15)12-23(17,21)22/h2-5,13,18H,6-12H2,1H3,(H2,17,21,22). The molecule has 1 heterocycles. The van der Waals surface area contributed by atoms with Crippen molar-refractivity contribution >= 4 is 15.9 Å². The van der Waals surface area contributed by atoms with Crippen LogP contribution in [0, 0.1) is 5.92 Å². The first-order chi connectivity index (χ1) is 10.9. The number of rotatable bonds is 6. The Bertz CT molecular complexity index is 620. The summed E-state index contributed by atoms with van der Waals surface area (Å²) in [5.41, 5.74) is 1.19. The Morgan fingerprint density at radius 1 is 1.26 bits per heavy atom. The van der Waals surface area contributed by atoms with Gasteiger partial charge in [0.2, 0.25) is 10.0 Å². The van der Waals surface area contributed by atoms with Crippen LogP contribution in [-0.2, 0) is 15.8 Å². The average Bonchev–Trinajstić information content (AvgIpc) is 2.52. The van der Waals surface area contributed by atoms with Crippen LogP contribution < -0.4 is 10.5 Å². The first kappa shape index (κ1) is 17.9. The normalized spacial score (nSPS) is 16.5. The molecule has 1 fully saturated rings. The molecular formula is C16H25N3O3S. The van der Waals surface area contributed by atoms with Crippen LogP contribution in [0.2, 0.25) is 0 Å². The number of nitrogens with two attached hydrogens (primary N) is 1. The second-order valence-electron chi connectivity index (χ2n) is 6.13. The van der Waals surface area contributed by atoms with Crippen LogP contribution >= 0.6 is 0 Å². The Morgan fingerprint density at radius 3 is 2.39 bits per heavy atom. The maximum absolute atomic E-state index is 12.5. The van der Waals surface area contributed by atoms with Gasteiger partial charge in [-0.1, -0.05) is 12.1 Å². The lowest BCUT2D eigenvalue weighted by Gasteiger charge is -2.32. The zero-order chi connectivity index (χ0) is 16.9. The molecule has 0 spiro atoms. The Labute approximate surface area is 138 Å². The summed E-state index contributed by atoms with van der Waals surface area (Å²) < 4.78 is 22.1. The van der Waals surface area contributed by atoms with Crippen molar-refractivity contribution in [2.45, 2.75) is 25.0 Å². The lowest BCUT2D eigenvalue weighted by molar-refractivity contribution is 0.0687. The Hall–Kier alpha value is -1.44. The van der Waals surface area contributed by atoms with Crippen LogP contribution in [0.25, 0.3) is 0 Å². The molecule has 1 aliphatic rings. The first-order valence-corrected chi connectivity index (χ1v) is 9.64. The number of amides is 1. The lowest BCUT2D eigenvalue weighted by Crippen LogP contribution is -2.38. The molecule has 3 N–H and O–H groups in total. The fourth-order valence-electron chi connectivity index (χ4n) is 2.93. The summed E-state index contributed by atoms with van der Waals surface area (Å²) in [5.74, 6) is 0.487. The molecule has 0 unspecified atom stereocenters. The quantitative estimate of drug-likeness (QED) is 0.806. The number of sulfonamides is 1. The van der Waals surface area contributed by atoms with E-state index in [0.717, 1.165) is 38.9 Å². The molecule has 0 aromatic heterocycles. The molecule has 0 saturated carbocycles. The highest BCUT2D eigenvalue weighted by atomic mass is 32.2. The summed E-state index contributed by atoms with van der Waals surface area (Å²) in [6.07, 6.45) is 3.23. The van der Waals surface area contributed by atoms with E-state index in [1.54, 1.807) is 24.3 Å². The Kier molecular flexibility index (Phi) is 6.15. The molecule has 1 saturated heterocycles. The van der Waals surface area contributed by atoms with Gasteiger partial charge in [0.25, 0.3) is 5.91 Å². The zero-order valence-corrected chi connectivity index (χ0v) is 14.3. The highest BCUT2D eigenvalue weighted by Crippen LogP contribution is 2.21. The summed E-state index contributed by atoms with van der Waals surface area (Å²) >= 11 is 0. The van der Waals surface area contributed by atoms with Crippen LogP contribution in [0.1, 0.15) is 35.2 Å². The van der Waals surface area contributed by atoms with Crippen molar-refractivity contribution in [2.75, 3.05) is 26.7 Å². The molecule has 1 aromatic rings. The SMILES string of the molecule is CNCCC1CCN(C(=O)c2ccc(CS(N)(=O)=O)cc2)CC1. The number of nitrogens with one attached hydrogen (secondary N) is 1. The minimum Gasteiger partial charge on any atom is -0.339 e. The highest BCUT2D eigenvalue weighted by molar-refractivity contribution is 7.88. The predicted molar refractivity (Wildman–Crippen MR) is 90.4 cm³/mol. The third-order valence-corrected chi connectivity index (χ3v) is 5.01. The van der Waals surface area contributed by atoms with Gasteiger partial charge in [0.05, 0.1) is 5.75 Å². The fraction of sp³-hybridized carbons (Fsp3) is 0.562. The predicted octanol–water partition coefficient (Wildman–Crippen LogP) is 0.937. The first-order valence-electron chi connectivity index (χ1n) is 7.92. The Morgan fingerprint density at radius 2 is 1.87 bits per heavy atom. The van der Waals surface area contributed by atoms with Crippen molar-refractivity contribution < 1.29 is 13.2 Å². The smallest absolute Gasteiger partial charge is 0.253 e. The number of hydrogen-bond donors (Lipinski definition) is 2. The molecule has 6 nitrogen and oxygen atoms in total. The summed E-state index contributed by atoms with van der Waals surface area (Å²) in [5, 5.41) is 8.19. The molecule has 0 bridgehead atoms. The molecule has 2 rings (SSSR count). The van der Waals surface area contributed by atoms with Crippen LogP contribution in [0.3, 0.4) is 0 Å². The molecule has 7 heteroatoms. The molecule has 128 valence electrons. The summed E-state index contributed by atoms with van der Waals surface area (Å²) in [6.45, 7) is 2.59. The van der Waals surface area contributed by atoms with Gasteiger partial charge < -0.3 is 10.2 Å². The topological polar surface area (TPSA) is 92.5 Å². The van der Waals surface area contributed by atoms with Gasteiger partial charge in [0.1, 0.15) is 0 Å². The van der Waals surface area contributed by atoms with Gasteiger partial charge in [-0.25, -0.2) is 13.6 Å². The maximum Gasteiger partial charge on any atom is 0.253 e. The second-order valence-corrected chi connectivity index (χ2v) is 7.75. The van der Waals surface area contributed by atoms with Crippen molar-refractivity contribution in [3.8, 4) is 0 Å². The zero-order valence-electron chi connectivity index (χ0n) is 13.5. The number of carbonyl (C=O) groups is 1. The van der Waals surface area contributed by atoms with Gasteiger partial charge in [0, 0.05) is 18.7 Å². The number of piperidine rings is 1.